The second-order valence-electron chi connectivity index (χ2n) is 6.46. The van der Waals surface area contributed by atoms with Gasteiger partial charge in [0.1, 0.15) is 25.4 Å². The molecule has 0 bridgehead atoms. The Morgan fingerprint density at radius 2 is 1.86 bits per heavy atom. The lowest BCUT2D eigenvalue weighted by Crippen LogP contribution is -3.09. The SMILES string of the molecule is Cc1ccc(C(C)C)cc1OCCOCC[NH2+]CC[NH+](C)C. The van der Waals surface area contributed by atoms with Crippen molar-refractivity contribution in [2.45, 2.75) is 26.7 Å². The highest BCUT2D eigenvalue weighted by molar-refractivity contribution is 5.37. The zero-order chi connectivity index (χ0) is 16.4. The predicted molar refractivity (Wildman–Crippen MR) is 90.9 cm³/mol. The zero-order valence-corrected chi connectivity index (χ0v) is 14.9. The fourth-order valence-corrected chi connectivity index (χ4v) is 2.15. The molecule has 0 saturated carbocycles. The van der Waals surface area contributed by atoms with Crippen molar-refractivity contribution in [3.8, 4) is 5.75 Å². The Bertz CT molecular complexity index is 420. The second-order valence-corrected chi connectivity index (χ2v) is 6.46. The molecule has 0 aliphatic carbocycles. The van der Waals surface area contributed by atoms with Gasteiger partial charge in [-0.25, -0.2) is 0 Å². The van der Waals surface area contributed by atoms with E-state index in [4.69, 9.17) is 9.47 Å². The van der Waals surface area contributed by atoms with Crippen LogP contribution in [0.25, 0.3) is 0 Å². The Kier molecular flexibility index (Phi) is 9.13. The van der Waals surface area contributed by atoms with Crippen molar-refractivity contribution >= 4 is 0 Å². The van der Waals surface area contributed by atoms with Gasteiger partial charge in [0.2, 0.25) is 0 Å². The molecule has 0 heterocycles. The van der Waals surface area contributed by atoms with E-state index in [2.05, 4.69) is 58.4 Å². The molecule has 0 aromatic heterocycles. The molecule has 0 aliphatic rings. The van der Waals surface area contributed by atoms with E-state index >= 15 is 0 Å². The summed E-state index contributed by atoms with van der Waals surface area (Å²) in [5.74, 6) is 1.51. The quantitative estimate of drug-likeness (QED) is 0.574. The molecule has 0 amide bonds. The van der Waals surface area contributed by atoms with Crippen LogP contribution < -0.4 is 15.0 Å². The molecule has 0 unspecified atom stereocenters. The summed E-state index contributed by atoms with van der Waals surface area (Å²) >= 11 is 0. The fraction of sp³-hybridized carbons (Fsp3) is 0.667. The van der Waals surface area contributed by atoms with Crippen molar-refractivity contribution in [1.82, 2.24) is 0 Å². The third kappa shape index (κ3) is 7.78. The van der Waals surface area contributed by atoms with Crippen molar-refractivity contribution in [1.29, 1.82) is 0 Å². The van der Waals surface area contributed by atoms with Crippen molar-refractivity contribution in [3.05, 3.63) is 29.3 Å². The molecule has 4 nitrogen and oxygen atoms in total. The fourth-order valence-electron chi connectivity index (χ4n) is 2.15. The number of hydrogen-bond donors (Lipinski definition) is 2. The lowest BCUT2D eigenvalue weighted by atomic mass is 10.0. The first kappa shape index (κ1) is 18.9. The van der Waals surface area contributed by atoms with Gasteiger partial charge in [-0.1, -0.05) is 26.0 Å². The van der Waals surface area contributed by atoms with Gasteiger partial charge in [0, 0.05) is 0 Å². The van der Waals surface area contributed by atoms with Crippen molar-refractivity contribution in [3.63, 3.8) is 0 Å². The van der Waals surface area contributed by atoms with Crippen LogP contribution in [0.15, 0.2) is 18.2 Å². The van der Waals surface area contributed by atoms with Crippen LogP contribution in [0, 0.1) is 6.92 Å². The monoisotopic (exact) mass is 310 g/mol. The van der Waals surface area contributed by atoms with E-state index in [0.29, 0.717) is 19.1 Å². The van der Waals surface area contributed by atoms with Gasteiger partial charge >= 0.3 is 0 Å². The maximum Gasteiger partial charge on any atom is 0.126 e. The summed E-state index contributed by atoms with van der Waals surface area (Å²) in [7, 11) is 4.36. The van der Waals surface area contributed by atoms with E-state index in [1.165, 1.54) is 22.6 Å². The molecule has 4 heteroatoms. The van der Waals surface area contributed by atoms with Gasteiger partial charge < -0.3 is 19.7 Å². The molecule has 0 atom stereocenters. The van der Waals surface area contributed by atoms with Crippen molar-refractivity contribution < 1.29 is 19.7 Å². The van der Waals surface area contributed by atoms with Crippen LogP contribution in [0.3, 0.4) is 0 Å². The number of hydrogen-bond acceptors (Lipinski definition) is 2. The van der Waals surface area contributed by atoms with Gasteiger partial charge in [0.05, 0.1) is 33.9 Å². The average Bonchev–Trinajstić information content (AvgIpc) is 2.46. The maximum atomic E-state index is 5.85. The highest BCUT2D eigenvalue weighted by Gasteiger charge is 2.04. The van der Waals surface area contributed by atoms with Crippen LogP contribution in [0.1, 0.15) is 30.9 Å². The van der Waals surface area contributed by atoms with E-state index in [1.807, 2.05) is 0 Å². The largest absolute Gasteiger partial charge is 0.491 e. The van der Waals surface area contributed by atoms with Crippen LogP contribution in [0.2, 0.25) is 0 Å². The van der Waals surface area contributed by atoms with E-state index in [9.17, 15) is 0 Å². The zero-order valence-electron chi connectivity index (χ0n) is 14.9. The second kappa shape index (κ2) is 10.6. The Hall–Kier alpha value is -1.10. The number of benzene rings is 1. The molecule has 1 rings (SSSR count). The molecule has 0 saturated heterocycles. The van der Waals surface area contributed by atoms with Gasteiger partial charge in [0.15, 0.2) is 0 Å². The summed E-state index contributed by atoms with van der Waals surface area (Å²) in [4.78, 5) is 1.49. The minimum Gasteiger partial charge on any atom is -0.491 e. The Balaban J connectivity index is 2.13. The van der Waals surface area contributed by atoms with Crippen LogP contribution in [-0.2, 0) is 4.74 Å². The molecule has 0 aliphatic heterocycles. The van der Waals surface area contributed by atoms with E-state index in [1.54, 1.807) is 0 Å². The molecule has 126 valence electrons. The third-order valence-electron chi connectivity index (χ3n) is 3.68. The standard InChI is InChI=1S/C18H32N2O2/c1-15(2)17-7-6-16(3)18(14-17)22-13-12-21-11-9-19-8-10-20(4)5/h6-7,14-15,19H,8-13H2,1-5H3/p+2. The van der Waals surface area contributed by atoms with Gasteiger partial charge in [-0.05, 0) is 30.0 Å². The van der Waals surface area contributed by atoms with E-state index < -0.39 is 0 Å². The highest BCUT2D eigenvalue weighted by atomic mass is 16.5. The molecular formula is C18H34N2O2+2. The van der Waals surface area contributed by atoms with Crippen LogP contribution in [0.5, 0.6) is 5.75 Å². The number of ether oxygens (including phenoxy) is 2. The Morgan fingerprint density at radius 3 is 2.55 bits per heavy atom. The summed E-state index contributed by atoms with van der Waals surface area (Å²) in [5, 5.41) is 2.31. The maximum absolute atomic E-state index is 5.85. The van der Waals surface area contributed by atoms with Crippen LogP contribution in [-0.4, -0.2) is 53.6 Å². The molecule has 1 aromatic carbocycles. The van der Waals surface area contributed by atoms with Gasteiger partial charge in [0.25, 0.3) is 0 Å². The summed E-state index contributed by atoms with van der Waals surface area (Å²) in [5.41, 5.74) is 2.50. The van der Waals surface area contributed by atoms with E-state index in [-0.39, 0.29) is 0 Å². The predicted octanol–water partition coefficient (Wildman–Crippen LogP) is 0.222. The lowest BCUT2D eigenvalue weighted by molar-refractivity contribution is -0.874. The summed E-state index contributed by atoms with van der Waals surface area (Å²) in [6.45, 7) is 11.9. The first-order valence-electron chi connectivity index (χ1n) is 8.42. The number of likely N-dealkylation sites (N-methyl/N-ethyl adjacent to an activating group) is 1. The highest BCUT2D eigenvalue weighted by Crippen LogP contribution is 2.24. The molecule has 3 N–H and O–H groups in total. The summed E-state index contributed by atoms with van der Waals surface area (Å²) < 4.78 is 11.5. The minimum atomic E-state index is 0.527. The van der Waals surface area contributed by atoms with Crippen LogP contribution >= 0.6 is 0 Å². The number of rotatable bonds is 11. The van der Waals surface area contributed by atoms with E-state index in [0.717, 1.165) is 25.4 Å². The Labute approximate surface area is 135 Å². The van der Waals surface area contributed by atoms with Crippen molar-refractivity contribution in [2.75, 3.05) is 53.6 Å². The van der Waals surface area contributed by atoms with Gasteiger partial charge in [-0.2, -0.15) is 0 Å². The number of quaternary nitrogens is 2. The minimum absolute atomic E-state index is 0.527. The number of nitrogens with two attached hydrogens (primary N) is 1. The first-order chi connectivity index (χ1) is 10.5. The molecular weight excluding hydrogens is 276 g/mol. The summed E-state index contributed by atoms with van der Waals surface area (Å²) in [6.07, 6.45) is 0. The molecule has 0 fully saturated rings. The van der Waals surface area contributed by atoms with Crippen molar-refractivity contribution in [2.24, 2.45) is 0 Å². The normalized spacial score (nSPS) is 11.4. The lowest BCUT2D eigenvalue weighted by Gasteiger charge is -2.13. The molecule has 1 aromatic rings. The number of aryl methyl sites for hydroxylation is 1. The first-order valence-corrected chi connectivity index (χ1v) is 8.42. The van der Waals surface area contributed by atoms with Crippen LogP contribution in [0.4, 0.5) is 0 Å². The third-order valence-corrected chi connectivity index (χ3v) is 3.68. The summed E-state index contributed by atoms with van der Waals surface area (Å²) in [6, 6.07) is 6.46. The molecule has 0 spiro atoms. The number of nitrogens with one attached hydrogen (secondary N) is 1. The van der Waals surface area contributed by atoms with Gasteiger partial charge in [-0.3, -0.25) is 0 Å². The average molecular weight is 310 g/mol. The topological polar surface area (TPSA) is 39.5 Å². The Morgan fingerprint density at radius 1 is 1.09 bits per heavy atom. The molecule has 22 heavy (non-hydrogen) atoms. The van der Waals surface area contributed by atoms with Gasteiger partial charge in [-0.15, -0.1) is 0 Å². The molecule has 0 radical (unpaired) electrons. The smallest absolute Gasteiger partial charge is 0.126 e.